The van der Waals surface area contributed by atoms with Crippen LogP contribution in [-0.4, -0.2) is 16.4 Å². The van der Waals surface area contributed by atoms with Crippen LogP contribution in [0.2, 0.25) is 0 Å². The number of nitrogens with two attached hydrogens (primary N) is 1. The molecule has 0 aliphatic heterocycles. The molecule has 1 aromatic carbocycles. The largest absolute Gasteiger partial charge is 0.492 e. The van der Waals surface area contributed by atoms with Gasteiger partial charge < -0.3 is 10.5 Å². The van der Waals surface area contributed by atoms with Gasteiger partial charge in [-0.3, -0.25) is 4.68 Å². The second kappa shape index (κ2) is 6.02. The molecule has 4 nitrogen and oxygen atoms in total. The van der Waals surface area contributed by atoms with Gasteiger partial charge in [-0.15, -0.1) is 0 Å². The fourth-order valence-electron chi connectivity index (χ4n) is 1.44. The highest BCUT2D eigenvalue weighted by atomic mass is 127. The zero-order valence-corrected chi connectivity index (χ0v) is 11.5. The Morgan fingerprint density at radius 1 is 1.29 bits per heavy atom. The standard InChI is InChI=1S/C12H14IN3O/c13-11-8-15-16(9-11)5-6-17-12-3-1-10(7-14)2-4-12/h1-4,8-9H,5-7,14H2. The number of ether oxygens (including phenoxy) is 1. The molecule has 2 rings (SSSR count). The van der Waals surface area contributed by atoms with Gasteiger partial charge in [-0.25, -0.2) is 0 Å². The third-order valence-electron chi connectivity index (χ3n) is 2.35. The minimum absolute atomic E-state index is 0.562. The fourth-order valence-corrected chi connectivity index (χ4v) is 1.89. The SMILES string of the molecule is NCc1ccc(OCCn2cc(I)cn2)cc1. The molecule has 0 amide bonds. The number of benzene rings is 1. The minimum Gasteiger partial charge on any atom is -0.492 e. The van der Waals surface area contributed by atoms with Crippen LogP contribution in [0.3, 0.4) is 0 Å². The lowest BCUT2D eigenvalue weighted by molar-refractivity contribution is 0.291. The number of halogens is 1. The van der Waals surface area contributed by atoms with Crippen LogP contribution in [0.25, 0.3) is 0 Å². The third-order valence-corrected chi connectivity index (χ3v) is 2.91. The van der Waals surface area contributed by atoms with Crippen molar-refractivity contribution in [1.82, 2.24) is 9.78 Å². The molecular formula is C12H14IN3O. The fraction of sp³-hybridized carbons (Fsp3) is 0.250. The smallest absolute Gasteiger partial charge is 0.119 e. The van der Waals surface area contributed by atoms with Crippen LogP contribution in [-0.2, 0) is 13.1 Å². The van der Waals surface area contributed by atoms with Crippen molar-refractivity contribution in [2.24, 2.45) is 5.73 Å². The minimum atomic E-state index is 0.562. The van der Waals surface area contributed by atoms with E-state index in [-0.39, 0.29) is 0 Å². The van der Waals surface area contributed by atoms with Crippen LogP contribution < -0.4 is 10.5 Å². The molecule has 0 saturated carbocycles. The first-order valence-corrected chi connectivity index (χ1v) is 6.45. The van der Waals surface area contributed by atoms with E-state index in [2.05, 4.69) is 27.7 Å². The Balaban J connectivity index is 1.81. The number of rotatable bonds is 5. The Morgan fingerprint density at radius 3 is 2.65 bits per heavy atom. The highest BCUT2D eigenvalue weighted by Gasteiger charge is 1.97. The molecule has 1 heterocycles. The first-order chi connectivity index (χ1) is 8.28. The van der Waals surface area contributed by atoms with E-state index in [1.807, 2.05) is 41.3 Å². The maximum absolute atomic E-state index is 5.61. The van der Waals surface area contributed by atoms with E-state index in [4.69, 9.17) is 10.5 Å². The molecule has 5 heteroatoms. The summed E-state index contributed by atoms with van der Waals surface area (Å²) in [6, 6.07) is 7.84. The molecule has 0 unspecified atom stereocenters. The molecule has 2 N–H and O–H groups in total. The van der Waals surface area contributed by atoms with Gasteiger partial charge in [0.15, 0.2) is 0 Å². The van der Waals surface area contributed by atoms with Crippen molar-refractivity contribution in [1.29, 1.82) is 0 Å². The first kappa shape index (κ1) is 12.4. The molecule has 17 heavy (non-hydrogen) atoms. The van der Waals surface area contributed by atoms with Crippen molar-refractivity contribution in [2.75, 3.05) is 6.61 Å². The van der Waals surface area contributed by atoms with Gasteiger partial charge in [-0.2, -0.15) is 5.10 Å². The summed E-state index contributed by atoms with van der Waals surface area (Å²) in [6.07, 6.45) is 3.82. The molecule has 1 aromatic heterocycles. The van der Waals surface area contributed by atoms with Crippen molar-refractivity contribution in [3.8, 4) is 5.75 Å². The van der Waals surface area contributed by atoms with Crippen molar-refractivity contribution in [2.45, 2.75) is 13.1 Å². The first-order valence-electron chi connectivity index (χ1n) is 5.37. The van der Waals surface area contributed by atoms with Gasteiger partial charge >= 0.3 is 0 Å². The molecule has 0 bridgehead atoms. The topological polar surface area (TPSA) is 53.1 Å². The summed E-state index contributed by atoms with van der Waals surface area (Å²) >= 11 is 2.24. The Kier molecular flexibility index (Phi) is 4.38. The molecule has 0 aliphatic rings. The Bertz CT molecular complexity index is 467. The molecule has 90 valence electrons. The maximum atomic E-state index is 5.61. The Labute approximate surface area is 114 Å². The predicted octanol–water partition coefficient (Wildman–Crippen LogP) is 2.03. The van der Waals surface area contributed by atoms with Gasteiger partial charge in [-0.05, 0) is 40.3 Å². The summed E-state index contributed by atoms with van der Waals surface area (Å²) in [6.45, 7) is 1.92. The average Bonchev–Trinajstić information content (AvgIpc) is 2.76. The van der Waals surface area contributed by atoms with Crippen LogP contribution in [0.5, 0.6) is 5.75 Å². The van der Waals surface area contributed by atoms with Crippen LogP contribution in [0.15, 0.2) is 36.7 Å². The van der Waals surface area contributed by atoms with E-state index < -0.39 is 0 Å². The number of hydrogen-bond acceptors (Lipinski definition) is 3. The van der Waals surface area contributed by atoms with Gasteiger partial charge in [0.2, 0.25) is 0 Å². The molecule has 0 spiro atoms. The molecule has 0 saturated heterocycles. The van der Waals surface area contributed by atoms with Crippen LogP contribution >= 0.6 is 22.6 Å². The highest BCUT2D eigenvalue weighted by molar-refractivity contribution is 14.1. The third kappa shape index (κ3) is 3.71. The van der Waals surface area contributed by atoms with E-state index in [1.165, 1.54) is 0 Å². The molecular weight excluding hydrogens is 329 g/mol. The Morgan fingerprint density at radius 2 is 2.06 bits per heavy atom. The molecule has 0 fully saturated rings. The lowest BCUT2D eigenvalue weighted by atomic mass is 10.2. The molecule has 0 radical (unpaired) electrons. The van der Waals surface area contributed by atoms with Crippen LogP contribution in [0, 0.1) is 3.57 Å². The van der Waals surface area contributed by atoms with Crippen molar-refractivity contribution in [3.63, 3.8) is 0 Å². The lowest BCUT2D eigenvalue weighted by Crippen LogP contribution is -2.08. The van der Waals surface area contributed by atoms with E-state index in [0.717, 1.165) is 21.4 Å². The molecule has 0 atom stereocenters. The Hall–Kier alpha value is -1.08. The summed E-state index contributed by atoms with van der Waals surface area (Å²) in [7, 11) is 0. The maximum Gasteiger partial charge on any atom is 0.119 e. The molecule has 2 aromatic rings. The van der Waals surface area contributed by atoms with Crippen molar-refractivity contribution >= 4 is 22.6 Å². The quantitative estimate of drug-likeness (QED) is 0.846. The number of hydrogen-bond donors (Lipinski definition) is 1. The van der Waals surface area contributed by atoms with E-state index in [0.29, 0.717) is 13.2 Å². The van der Waals surface area contributed by atoms with E-state index >= 15 is 0 Å². The monoisotopic (exact) mass is 343 g/mol. The summed E-state index contributed by atoms with van der Waals surface area (Å²) < 4.78 is 8.62. The summed E-state index contributed by atoms with van der Waals surface area (Å²) in [5.74, 6) is 0.865. The zero-order chi connectivity index (χ0) is 12.1. The predicted molar refractivity (Wildman–Crippen MR) is 74.8 cm³/mol. The van der Waals surface area contributed by atoms with Crippen LogP contribution in [0.4, 0.5) is 0 Å². The van der Waals surface area contributed by atoms with Crippen molar-refractivity contribution < 1.29 is 4.74 Å². The molecule has 0 aliphatic carbocycles. The van der Waals surface area contributed by atoms with Gasteiger partial charge in [0, 0.05) is 12.7 Å². The van der Waals surface area contributed by atoms with Gasteiger partial charge in [0.25, 0.3) is 0 Å². The normalized spacial score (nSPS) is 10.5. The zero-order valence-electron chi connectivity index (χ0n) is 9.34. The summed E-state index contributed by atoms with van der Waals surface area (Å²) in [5.41, 5.74) is 6.64. The van der Waals surface area contributed by atoms with Gasteiger partial charge in [-0.1, -0.05) is 12.1 Å². The van der Waals surface area contributed by atoms with Crippen LogP contribution in [0.1, 0.15) is 5.56 Å². The number of nitrogens with zero attached hydrogens (tertiary/aromatic N) is 2. The number of aromatic nitrogens is 2. The van der Waals surface area contributed by atoms with Gasteiger partial charge in [0.1, 0.15) is 12.4 Å². The summed E-state index contributed by atoms with van der Waals surface area (Å²) in [5, 5.41) is 4.19. The highest BCUT2D eigenvalue weighted by Crippen LogP contribution is 2.11. The van der Waals surface area contributed by atoms with E-state index in [9.17, 15) is 0 Å². The van der Waals surface area contributed by atoms with E-state index in [1.54, 1.807) is 0 Å². The lowest BCUT2D eigenvalue weighted by Gasteiger charge is -2.06. The van der Waals surface area contributed by atoms with Gasteiger partial charge in [0.05, 0.1) is 16.3 Å². The summed E-state index contributed by atoms with van der Waals surface area (Å²) in [4.78, 5) is 0. The second-order valence-electron chi connectivity index (χ2n) is 3.62. The second-order valence-corrected chi connectivity index (χ2v) is 4.86. The van der Waals surface area contributed by atoms with Crippen molar-refractivity contribution in [3.05, 3.63) is 45.8 Å². The average molecular weight is 343 g/mol.